The van der Waals surface area contributed by atoms with Crippen LogP contribution in [0.1, 0.15) is 40.0 Å². The van der Waals surface area contributed by atoms with E-state index in [0.29, 0.717) is 26.2 Å². The highest BCUT2D eigenvalue weighted by atomic mass is 19.4. The van der Waals surface area contributed by atoms with Gasteiger partial charge in [0.2, 0.25) is 0 Å². The van der Waals surface area contributed by atoms with Crippen LogP contribution in [0.5, 0.6) is 0 Å². The third-order valence-corrected chi connectivity index (χ3v) is 6.71. The summed E-state index contributed by atoms with van der Waals surface area (Å²) >= 11 is 0. The lowest BCUT2D eigenvalue weighted by Gasteiger charge is -2.37. The third kappa shape index (κ3) is 4.56. The zero-order chi connectivity index (χ0) is 24.7. The van der Waals surface area contributed by atoms with Crippen LogP contribution in [0.2, 0.25) is 0 Å². The monoisotopic (exact) mass is 487 g/mol. The van der Waals surface area contributed by atoms with Crippen molar-refractivity contribution in [1.82, 2.24) is 14.7 Å². The number of halogens is 4. The number of nitrogens with one attached hydrogen (secondary N) is 1. The van der Waals surface area contributed by atoms with E-state index in [4.69, 9.17) is 0 Å². The van der Waals surface area contributed by atoms with Gasteiger partial charge in [0, 0.05) is 38.3 Å². The largest absolute Gasteiger partial charge is 0.410 e. The maximum Gasteiger partial charge on any atom is 0.410 e. The van der Waals surface area contributed by atoms with Gasteiger partial charge in [-0.2, -0.15) is 18.3 Å². The van der Waals surface area contributed by atoms with Crippen LogP contribution in [0.3, 0.4) is 0 Å². The zero-order valence-corrected chi connectivity index (χ0v) is 19.1. The fourth-order valence-corrected chi connectivity index (χ4v) is 4.73. The third-order valence-electron chi connectivity index (χ3n) is 6.71. The Hall–Kier alpha value is -3.56. The van der Waals surface area contributed by atoms with E-state index in [9.17, 15) is 22.4 Å². The highest BCUT2D eigenvalue weighted by Crippen LogP contribution is 2.44. The lowest BCUT2D eigenvalue weighted by atomic mass is 9.96. The first kappa shape index (κ1) is 23.2. The lowest BCUT2D eigenvalue weighted by Crippen LogP contribution is -2.49. The van der Waals surface area contributed by atoms with Gasteiger partial charge >= 0.3 is 6.18 Å². The molecule has 1 fully saturated rings. The van der Waals surface area contributed by atoms with Crippen LogP contribution in [-0.4, -0.2) is 52.9 Å². The fraction of sp³-hybridized carbons (Fsp3) is 0.360. The van der Waals surface area contributed by atoms with Crippen molar-refractivity contribution >= 4 is 17.4 Å². The van der Waals surface area contributed by atoms with Crippen LogP contribution < -0.4 is 10.2 Å². The summed E-state index contributed by atoms with van der Waals surface area (Å²) in [6, 6.07) is 11.1. The number of anilines is 2. The smallest absolute Gasteiger partial charge is 0.368 e. The number of carbonyl (C=O) groups excluding carboxylic acids is 1. The van der Waals surface area contributed by atoms with Crippen molar-refractivity contribution in [2.75, 3.05) is 36.4 Å². The minimum absolute atomic E-state index is 0.0927. The van der Waals surface area contributed by atoms with Gasteiger partial charge in [0.05, 0.1) is 12.2 Å². The molecule has 3 heterocycles. The minimum atomic E-state index is -4.51. The summed E-state index contributed by atoms with van der Waals surface area (Å²) in [5, 5.41) is 7.12. The summed E-state index contributed by atoms with van der Waals surface area (Å²) in [5.41, 5.74) is 2.73. The molecule has 1 saturated heterocycles. The molecule has 5 rings (SSSR count). The molecule has 0 unspecified atom stereocenters. The van der Waals surface area contributed by atoms with Crippen LogP contribution in [0.4, 0.5) is 29.1 Å². The van der Waals surface area contributed by atoms with Gasteiger partial charge in [-0.25, -0.2) is 9.07 Å². The highest BCUT2D eigenvalue weighted by Gasteiger charge is 2.47. The summed E-state index contributed by atoms with van der Waals surface area (Å²) in [4.78, 5) is 17.0. The van der Waals surface area contributed by atoms with E-state index in [1.807, 2.05) is 36.1 Å². The number of piperazine rings is 1. The first-order chi connectivity index (χ1) is 16.7. The Bertz CT molecular complexity index is 1200. The zero-order valence-electron chi connectivity index (χ0n) is 19.1. The van der Waals surface area contributed by atoms with Crippen molar-refractivity contribution in [3.63, 3.8) is 0 Å². The number of nitrogens with zero attached hydrogens (tertiary/aromatic N) is 4. The van der Waals surface area contributed by atoms with Crippen LogP contribution in [0.25, 0.3) is 0 Å². The predicted octanol–water partition coefficient (Wildman–Crippen LogP) is 4.95. The molecule has 1 aromatic heterocycles. The van der Waals surface area contributed by atoms with E-state index in [0.717, 1.165) is 21.5 Å². The molecule has 6 nitrogen and oxygen atoms in total. The summed E-state index contributed by atoms with van der Waals surface area (Å²) in [6.45, 7) is 3.77. The lowest BCUT2D eigenvalue weighted by molar-refractivity contribution is -0.173. The Morgan fingerprint density at radius 2 is 1.66 bits per heavy atom. The molecule has 10 heteroatoms. The molecule has 184 valence electrons. The number of aryl methyl sites for hydroxylation is 1. The van der Waals surface area contributed by atoms with Gasteiger partial charge in [-0.1, -0.05) is 29.8 Å². The fourth-order valence-electron chi connectivity index (χ4n) is 4.73. The molecule has 3 aromatic rings. The molecule has 0 bridgehead atoms. The Labute approximate surface area is 200 Å². The number of aromatic nitrogens is 2. The standard InChI is InChI=1S/C25H25F4N5O/c1-16-2-4-17(5-3-16)21-14-22(25(27,28)29)34-23(31-21)20(15-30-34)24(35)33-12-10-32(11-13-33)19-8-6-18(26)7-9-19/h2-9,15,21-22,31H,10-14H2,1H3/t21-,22+/m1/s1. The quantitative estimate of drug-likeness (QED) is 0.531. The van der Waals surface area contributed by atoms with E-state index in [1.54, 1.807) is 17.0 Å². The van der Waals surface area contributed by atoms with Crippen molar-refractivity contribution in [3.05, 3.63) is 77.2 Å². The molecule has 2 aliphatic heterocycles. The van der Waals surface area contributed by atoms with Gasteiger partial charge < -0.3 is 15.1 Å². The second kappa shape index (κ2) is 8.90. The SMILES string of the molecule is Cc1ccc([C@H]2C[C@@H](C(F)(F)F)n3ncc(C(=O)N4CCN(c5ccc(F)cc5)CC4)c3N2)cc1. The molecule has 0 saturated carbocycles. The van der Waals surface area contributed by atoms with Crippen LogP contribution in [0, 0.1) is 12.7 Å². The Morgan fingerprint density at radius 3 is 2.29 bits per heavy atom. The Kier molecular flexibility index (Phi) is 5.90. The summed E-state index contributed by atoms with van der Waals surface area (Å²) in [6.07, 6.45) is -3.49. The van der Waals surface area contributed by atoms with Crippen molar-refractivity contribution in [3.8, 4) is 0 Å². The summed E-state index contributed by atoms with van der Waals surface area (Å²) in [7, 11) is 0. The topological polar surface area (TPSA) is 53.4 Å². The molecule has 35 heavy (non-hydrogen) atoms. The number of amides is 1. The predicted molar refractivity (Wildman–Crippen MR) is 124 cm³/mol. The van der Waals surface area contributed by atoms with Gasteiger partial charge in [-0.3, -0.25) is 4.79 Å². The number of fused-ring (bicyclic) bond motifs is 1. The van der Waals surface area contributed by atoms with Crippen molar-refractivity contribution in [2.45, 2.75) is 31.6 Å². The summed E-state index contributed by atoms with van der Waals surface area (Å²) < 4.78 is 56.0. The second-order valence-corrected chi connectivity index (χ2v) is 9.01. The maximum atomic E-state index is 14.0. The number of rotatable bonds is 3. The van der Waals surface area contributed by atoms with E-state index in [1.165, 1.54) is 18.3 Å². The first-order valence-corrected chi connectivity index (χ1v) is 11.5. The van der Waals surface area contributed by atoms with Crippen LogP contribution in [-0.2, 0) is 0 Å². The first-order valence-electron chi connectivity index (χ1n) is 11.5. The van der Waals surface area contributed by atoms with Crippen molar-refractivity contribution in [1.29, 1.82) is 0 Å². The van der Waals surface area contributed by atoms with Crippen LogP contribution in [0.15, 0.2) is 54.7 Å². The molecule has 0 spiro atoms. The number of carbonyl (C=O) groups is 1. The number of hydrogen-bond donors (Lipinski definition) is 1. The molecule has 0 radical (unpaired) electrons. The molecular weight excluding hydrogens is 462 g/mol. The molecule has 1 amide bonds. The molecule has 0 aliphatic carbocycles. The van der Waals surface area contributed by atoms with Gasteiger partial charge in [0.1, 0.15) is 17.2 Å². The Morgan fingerprint density at radius 1 is 1.00 bits per heavy atom. The molecule has 2 atom stereocenters. The van der Waals surface area contributed by atoms with Gasteiger partial charge in [-0.15, -0.1) is 0 Å². The number of benzene rings is 2. The Balaban J connectivity index is 1.37. The van der Waals surface area contributed by atoms with E-state index < -0.39 is 18.3 Å². The average Bonchev–Trinajstić information content (AvgIpc) is 3.27. The number of hydrogen-bond acceptors (Lipinski definition) is 4. The normalized spacial score (nSPS) is 20.4. The number of alkyl halides is 3. The van der Waals surface area contributed by atoms with Gasteiger partial charge in [-0.05, 0) is 36.8 Å². The average molecular weight is 488 g/mol. The van der Waals surface area contributed by atoms with E-state index >= 15 is 0 Å². The van der Waals surface area contributed by atoms with E-state index in [-0.39, 0.29) is 29.5 Å². The minimum Gasteiger partial charge on any atom is -0.368 e. The molecule has 2 aromatic carbocycles. The molecular formula is C25H25F4N5O. The summed E-state index contributed by atoms with van der Waals surface area (Å²) in [5.74, 6) is -0.583. The van der Waals surface area contributed by atoms with Gasteiger partial charge in [0.25, 0.3) is 5.91 Å². The van der Waals surface area contributed by atoms with E-state index in [2.05, 4.69) is 10.4 Å². The van der Waals surface area contributed by atoms with Crippen molar-refractivity contribution in [2.24, 2.45) is 0 Å². The van der Waals surface area contributed by atoms with Crippen molar-refractivity contribution < 1.29 is 22.4 Å². The molecule has 1 N–H and O–H groups in total. The van der Waals surface area contributed by atoms with Gasteiger partial charge in [0.15, 0.2) is 6.04 Å². The molecule has 2 aliphatic rings. The highest BCUT2D eigenvalue weighted by molar-refractivity contribution is 5.99. The van der Waals surface area contributed by atoms with Crippen LogP contribution >= 0.6 is 0 Å². The second-order valence-electron chi connectivity index (χ2n) is 9.01. The maximum absolute atomic E-state index is 14.0.